The first-order valence-corrected chi connectivity index (χ1v) is 8.12. The van der Waals surface area contributed by atoms with Gasteiger partial charge in [0.1, 0.15) is 5.54 Å². The quantitative estimate of drug-likeness (QED) is 0.594. The zero-order valence-corrected chi connectivity index (χ0v) is 12.9. The van der Waals surface area contributed by atoms with E-state index < -0.39 is 11.5 Å². The minimum Gasteiger partial charge on any atom is -0.479 e. The monoisotopic (exact) mass is 297 g/mol. The van der Waals surface area contributed by atoms with E-state index in [9.17, 15) is 14.7 Å². The molecule has 1 saturated carbocycles. The van der Waals surface area contributed by atoms with Crippen molar-refractivity contribution in [1.82, 2.24) is 15.5 Å². The van der Waals surface area contributed by atoms with Gasteiger partial charge in [0.2, 0.25) is 0 Å². The third-order valence-electron chi connectivity index (χ3n) is 4.44. The van der Waals surface area contributed by atoms with E-state index in [1.165, 1.54) is 17.7 Å². The number of carbonyl (C=O) groups is 2. The minimum atomic E-state index is -0.995. The molecule has 2 rings (SSSR count). The third kappa shape index (κ3) is 3.87. The number of amides is 2. The number of nitrogens with zero attached hydrogens (tertiary/aromatic N) is 1. The molecule has 1 aliphatic carbocycles. The molecule has 1 atom stereocenters. The number of urea groups is 1. The number of hydrogen-bond donors (Lipinski definition) is 3. The Hall–Kier alpha value is -1.30. The molecule has 3 N–H and O–H groups in total. The van der Waals surface area contributed by atoms with E-state index in [0.717, 1.165) is 25.8 Å². The van der Waals surface area contributed by atoms with Gasteiger partial charge in [-0.2, -0.15) is 0 Å². The fourth-order valence-corrected chi connectivity index (χ4v) is 3.15. The van der Waals surface area contributed by atoms with Crippen molar-refractivity contribution in [3.63, 3.8) is 0 Å². The van der Waals surface area contributed by atoms with Crippen molar-refractivity contribution in [3.8, 4) is 0 Å². The van der Waals surface area contributed by atoms with Crippen molar-refractivity contribution in [2.45, 2.75) is 63.5 Å². The van der Waals surface area contributed by atoms with Crippen LogP contribution in [0, 0.1) is 0 Å². The van der Waals surface area contributed by atoms with Gasteiger partial charge < -0.3 is 20.6 Å². The Morgan fingerprint density at radius 1 is 1.33 bits per heavy atom. The highest BCUT2D eigenvalue weighted by molar-refractivity contribution is 5.87. The first-order chi connectivity index (χ1) is 10.1. The minimum absolute atomic E-state index is 0.227. The molecule has 0 aromatic heterocycles. The largest absolute Gasteiger partial charge is 0.479 e. The number of nitrogens with one attached hydrogen (secondary N) is 2. The molecule has 6 nitrogen and oxygen atoms in total. The molecular formula is C15H27N3O3. The summed E-state index contributed by atoms with van der Waals surface area (Å²) in [4.78, 5) is 25.5. The average molecular weight is 297 g/mol. The number of carboxylic acid groups (broad SMARTS) is 1. The molecule has 6 heteroatoms. The summed E-state index contributed by atoms with van der Waals surface area (Å²) >= 11 is 0. The van der Waals surface area contributed by atoms with Crippen LogP contribution < -0.4 is 10.6 Å². The zero-order valence-electron chi connectivity index (χ0n) is 12.9. The molecule has 0 aromatic carbocycles. The summed E-state index contributed by atoms with van der Waals surface area (Å²) in [7, 11) is 0. The smallest absolute Gasteiger partial charge is 0.329 e. The van der Waals surface area contributed by atoms with Crippen molar-refractivity contribution in [1.29, 1.82) is 0 Å². The Bertz CT molecular complexity index is 384. The lowest BCUT2D eigenvalue weighted by Gasteiger charge is -2.34. The number of carboxylic acids is 1. The van der Waals surface area contributed by atoms with Gasteiger partial charge in [-0.3, -0.25) is 0 Å². The number of hydrogen-bond acceptors (Lipinski definition) is 3. The highest BCUT2D eigenvalue weighted by Gasteiger charge is 2.49. The van der Waals surface area contributed by atoms with Gasteiger partial charge >= 0.3 is 12.0 Å². The molecule has 0 spiro atoms. The fraction of sp³-hybridized carbons (Fsp3) is 0.867. The van der Waals surface area contributed by atoms with Gasteiger partial charge in [-0.1, -0.05) is 13.3 Å². The van der Waals surface area contributed by atoms with Gasteiger partial charge in [0.25, 0.3) is 0 Å². The third-order valence-corrected chi connectivity index (χ3v) is 4.44. The summed E-state index contributed by atoms with van der Waals surface area (Å²) in [6, 6.07) is 0.457. The lowest BCUT2D eigenvalue weighted by molar-refractivity contribution is -0.148. The van der Waals surface area contributed by atoms with Crippen molar-refractivity contribution in [2.75, 3.05) is 19.6 Å². The Morgan fingerprint density at radius 3 is 2.71 bits per heavy atom. The maximum Gasteiger partial charge on any atom is 0.329 e. The van der Waals surface area contributed by atoms with Gasteiger partial charge in [-0.15, -0.1) is 0 Å². The first-order valence-electron chi connectivity index (χ1n) is 8.12. The summed E-state index contributed by atoms with van der Waals surface area (Å²) in [6.07, 6.45) is 6.02. The summed E-state index contributed by atoms with van der Waals surface area (Å²) in [5.74, 6) is -0.868. The maximum absolute atomic E-state index is 12.3. The van der Waals surface area contributed by atoms with Crippen LogP contribution in [0.3, 0.4) is 0 Å². The van der Waals surface area contributed by atoms with Crippen LogP contribution in [0.1, 0.15) is 51.9 Å². The van der Waals surface area contributed by atoms with Crippen LogP contribution in [0.4, 0.5) is 4.79 Å². The molecule has 1 aliphatic heterocycles. The summed E-state index contributed by atoms with van der Waals surface area (Å²) in [5.41, 5.74) is -0.995. The highest BCUT2D eigenvalue weighted by atomic mass is 16.4. The van der Waals surface area contributed by atoms with E-state index >= 15 is 0 Å². The topological polar surface area (TPSA) is 81.7 Å². The summed E-state index contributed by atoms with van der Waals surface area (Å²) in [6.45, 7) is 4.00. The maximum atomic E-state index is 12.3. The van der Waals surface area contributed by atoms with Crippen molar-refractivity contribution < 1.29 is 14.7 Å². The predicted molar refractivity (Wildman–Crippen MR) is 80.3 cm³/mol. The Balaban J connectivity index is 1.79. The lowest BCUT2D eigenvalue weighted by atomic mass is 9.91. The van der Waals surface area contributed by atoms with Crippen LogP contribution in [0.2, 0.25) is 0 Å². The SMILES string of the molecule is CCCC1(C(=O)O)CCCN1C(=O)NCCCNC1CC1. The van der Waals surface area contributed by atoms with Crippen LogP contribution in [0.15, 0.2) is 0 Å². The van der Waals surface area contributed by atoms with Crippen LogP contribution >= 0.6 is 0 Å². The zero-order chi connectivity index (χ0) is 15.3. The van der Waals surface area contributed by atoms with Gasteiger partial charge in [0.05, 0.1) is 0 Å². The van der Waals surface area contributed by atoms with E-state index in [1.54, 1.807) is 0 Å². The van der Waals surface area contributed by atoms with Gasteiger partial charge in [0, 0.05) is 19.1 Å². The molecule has 1 unspecified atom stereocenters. The van der Waals surface area contributed by atoms with E-state index in [-0.39, 0.29) is 6.03 Å². The standard InChI is InChI=1S/C15H27N3O3/c1-2-7-15(13(19)20)8-3-11-18(15)14(21)17-10-4-9-16-12-5-6-12/h12,16H,2-11H2,1H3,(H,17,21)(H,19,20). The molecule has 0 bridgehead atoms. The molecule has 2 aliphatic rings. The fourth-order valence-electron chi connectivity index (χ4n) is 3.15. The van der Waals surface area contributed by atoms with Crippen LogP contribution in [0.5, 0.6) is 0 Å². The second kappa shape index (κ2) is 7.11. The molecular weight excluding hydrogens is 270 g/mol. The number of rotatable bonds is 8. The average Bonchev–Trinajstić information content (AvgIpc) is 3.17. The van der Waals surface area contributed by atoms with Crippen LogP contribution in [-0.2, 0) is 4.79 Å². The van der Waals surface area contributed by atoms with E-state index in [2.05, 4.69) is 10.6 Å². The van der Waals surface area contributed by atoms with Crippen LogP contribution in [-0.4, -0.2) is 53.2 Å². The molecule has 1 heterocycles. The summed E-state index contributed by atoms with van der Waals surface area (Å²) < 4.78 is 0. The van der Waals surface area contributed by atoms with Gasteiger partial charge in [0.15, 0.2) is 0 Å². The van der Waals surface area contributed by atoms with E-state index in [1.807, 2.05) is 6.92 Å². The van der Waals surface area contributed by atoms with E-state index in [0.29, 0.717) is 32.0 Å². The number of aliphatic carboxylic acids is 1. The highest BCUT2D eigenvalue weighted by Crippen LogP contribution is 2.34. The lowest BCUT2D eigenvalue weighted by Crippen LogP contribution is -2.56. The molecule has 2 amide bonds. The Labute approximate surface area is 126 Å². The predicted octanol–water partition coefficient (Wildman–Crippen LogP) is 1.56. The first kappa shape index (κ1) is 16.1. The Kier molecular flexibility index (Phi) is 5.45. The van der Waals surface area contributed by atoms with Gasteiger partial charge in [-0.05, 0) is 45.1 Å². The molecule has 120 valence electrons. The van der Waals surface area contributed by atoms with E-state index in [4.69, 9.17) is 0 Å². The molecule has 2 fully saturated rings. The molecule has 21 heavy (non-hydrogen) atoms. The normalized spacial score (nSPS) is 25.1. The second-order valence-corrected chi connectivity index (χ2v) is 6.16. The van der Waals surface area contributed by atoms with Gasteiger partial charge in [-0.25, -0.2) is 9.59 Å². The molecule has 0 aromatic rings. The second-order valence-electron chi connectivity index (χ2n) is 6.16. The van der Waals surface area contributed by atoms with Crippen molar-refractivity contribution in [3.05, 3.63) is 0 Å². The molecule has 0 radical (unpaired) electrons. The van der Waals surface area contributed by atoms with Crippen LogP contribution in [0.25, 0.3) is 0 Å². The Morgan fingerprint density at radius 2 is 2.10 bits per heavy atom. The number of likely N-dealkylation sites (tertiary alicyclic amines) is 1. The van der Waals surface area contributed by atoms with Crippen molar-refractivity contribution >= 4 is 12.0 Å². The van der Waals surface area contributed by atoms with Crippen molar-refractivity contribution in [2.24, 2.45) is 0 Å². The summed E-state index contributed by atoms with van der Waals surface area (Å²) in [5, 5.41) is 15.8. The number of carbonyl (C=O) groups excluding carboxylic acids is 1. The molecule has 1 saturated heterocycles.